The summed E-state index contributed by atoms with van der Waals surface area (Å²) in [6, 6.07) is 6.10. The van der Waals surface area contributed by atoms with Gasteiger partial charge in [-0.2, -0.15) is 0 Å². The summed E-state index contributed by atoms with van der Waals surface area (Å²) in [6.07, 6.45) is 1.45. The van der Waals surface area contributed by atoms with Crippen LogP contribution >= 0.6 is 23.2 Å². The third-order valence-electron chi connectivity index (χ3n) is 4.62. The molecule has 28 heavy (non-hydrogen) atoms. The number of pyridine rings is 1. The molecule has 1 aliphatic heterocycles. The van der Waals surface area contributed by atoms with Crippen LogP contribution in [0.25, 0.3) is 10.7 Å². The molecule has 0 saturated carbocycles. The first-order valence-corrected chi connectivity index (χ1v) is 11.3. The average molecular weight is 463 g/mol. The highest BCUT2D eigenvalue weighted by Crippen LogP contribution is 2.50. The second kappa shape index (κ2) is 7.40. The Morgan fingerprint density at radius 3 is 2.57 bits per heavy atom. The van der Waals surface area contributed by atoms with Crippen molar-refractivity contribution in [2.75, 3.05) is 0 Å². The van der Waals surface area contributed by atoms with Crippen LogP contribution in [-0.4, -0.2) is 27.3 Å². The summed E-state index contributed by atoms with van der Waals surface area (Å²) in [5.41, 5.74) is 0.748. The first-order valence-electron chi connectivity index (χ1n) is 7.95. The second-order valence-electron chi connectivity index (χ2n) is 6.56. The predicted octanol–water partition coefficient (Wildman–Crippen LogP) is 3.66. The number of benzene rings is 1. The van der Waals surface area contributed by atoms with Gasteiger partial charge in [0.25, 0.3) is 0 Å². The smallest absolute Gasteiger partial charge is 0.232 e. The monoisotopic (exact) mass is 462 g/mol. The topological polar surface area (TPSA) is 117 Å². The van der Waals surface area contributed by atoms with Crippen LogP contribution in [0.3, 0.4) is 0 Å². The molecule has 0 fully saturated rings. The van der Waals surface area contributed by atoms with Crippen molar-refractivity contribution in [3.63, 3.8) is 0 Å². The van der Waals surface area contributed by atoms with Crippen LogP contribution in [0, 0.1) is 0 Å². The summed E-state index contributed by atoms with van der Waals surface area (Å²) in [5, 5.41) is 10.8. The van der Waals surface area contributed by atoms with Gasteiger partial charge in [-0.15, -0.1) is 0 Å². The molecule has 1 aromatic heterocycles. The van der Waals surface area contributed by atoms with E-state index in [0.717, 1.165) is 0 Å². The van der Waals surface area contributed by atoms with Gasteiger partial charge in [-0.05, 0) is 31.5 Å². The number of nitrogens with one attached hydrogen (secondary N) is 1. The first-order chi connectivity index (χ1) is 13.0. The van der Waals surface area contributed by atoms with Gasteiger partial charge in [-0.25, -0.2) is 17.3 Å². The van der Waals surface area contributed by atoms with Gasteiger partial charge in [0.15, 0.2) is 15.6 Å². The highest BCUT2D eigenvalue weighted by Gasteiger charge is 2.48. The third kappa shape index (κ3) is 3.26. The minimum Gasteiger partial charge on any atom is -0.504 e. The van der Waals surface area contributed by atoms with E-state index in [-0.39, 0.29) is 27.8 Å². The summed E-state index contributed by atoms with van der Waals surface area (Å²) in [4.78, 5) is 3.71. The molecule has 11 heteroatoms. The van der Waals surface area contributed by atoms with Crippen LogP contribution in [0.2, 0.25) is 10.0 Å². The quantitative estimate of drug-likeness (QED) is 0.596. The lowest BCUT2D eigenvalue weighted by molar-refractivity contribution is 0.501. The van der Waals surface area contributed by atoms with E-state index in [1.807, 2.05) is 0 Å². The van der Waals surface area contributed by atoms with E-state index in [4.69, 9.17) is 27.8 Å². The Labute approximate surface area is 174 Å². The number of aliphatic hydroxyl groups is 1. The molecule has 7 nitrogen and oxygen atoms in total. The van der Waals surface area contributed by atoms with E-state index in [1.54, 1.807) is 12.1 Å². The third-order valence-corrected chi connectivity index (χ3v) is 8.26. The molecule has 2 heterocycles. The molecular weight excluding hydrogens is 447 g/mol. The lowest BCUT2D eigenvalue weighted by Gasteiger charge is -2.33. The van der Waals surface area contributed by atoms with Crippen LogP contribution in [-0.2, 0) is 32.4 Å². The minimum absolute atomic E-state index is 0.0131. The molecule has 0 spiro atoms. The largest absolute Gasteiger partial charge is 0.504 e. The Balaban J connectivity index is 2.34. The van der Waals surface area contributed by atoms with Gasteiger partial charge in [0.1, 0.15) is 10.6 Å². The maximum Gasteiger partial charge on any atom is 0.232 e. The van der Waals surface area contributed by atoms with Gasteiger partial charge in [0.05, 0.1) is 14.8 Å². The summed E-state index contributed by atoms with van der Waals surface area (Å²) < 4.78 is 47.5. The van der Waals surface area contributed by atoms with E-state index in [1.165, 1.54) is 32.2 Å². The Bertz CT molecular complexity index is 1130. The van der Waals surface area contributed by atoms with Crippen LogP contribution < -0.4 is 4.72 Å². The predicted molar refractivity (Wildman–Crippen MR) is 110 cm³/mol. The molecule has 0 bridgehead atoms. The Kier molecular flexibility index (Phi) is 5.61. The average Bonchev–Trinajstić information content (AvgIpc) is 2.62. The zero-order chi connectivity index (χ0) is 20.9. The van der Waals surface area contributed by atoms with Gasteiger partial charge in [0.2, 0.25) is 11.3 Å². The van der Waals surface area contributed by atoms with Gasteiger partial charge in [-0.1, -0.05) is 35.3 Å². The number of fused-ring (bicyclic) bond motifs is 1. The van der Waals surface area contributed by atoms with Gasteiger partial charge >= 0.3 is 0 Å². The lowest BCUT2D eigenvalue weighted by Crippen LogP contribution is -2.35. The summed E-state index contributed by atoms with van der Waals surface area (Å²) in [6.45, 7) is 2.91. The molecule has 1 unspecified atom stereocenters. The van der Waals surface area contributed by atoms with Gasteiger partial charge in [0, 0.05) is 23.9 Å². The van der Waals surface area contributed by atoms with Crippen LogP contribution in [0.4, 0.5) is 0 Å². The van der Waals surface area contributed by atoms with Crippen molar-refractivity contribution >= 4 is 55.0 Å². The molecule has 0 saturated heterocycles. The van der Waals surface area contributed by atoms with E-state index in [9.17, 15) is 17.7 Å². The lowest BCUT2D eigenvalue weighted by atomic mass is 9.97. The zero-order valence-electron chi connectivity index (χ0n) is 14.7. The van der Waals surface area contributed by atoms with Crippen molar-refractivity contribution in [2.24, 2.45) is 0 Å². The normalized spacial score (nSPS) is 18.6. The number of hydrogen-bond donors (Lipinski definition) is 3. The van der Waals surface area contributed by atoms with Gasteiger partial charge < -0.3 is 5.11 Å². The fourth-order valence-electron chi connectivity index (χ4n) is 3.05. The van der Waals surface area contributed by atoms with Crippen LogP contribution in [0.5, 0.6) is 0 Å². The Morgan fingerprint density at radius 2 is 1.93 bits per heavy atom. The van der Waals surface area contributed by atoms with E-state index in [0.29, 0.717) is 11.1 Å². The fourth-order valence-corrected chi connectivity index (χ4v) is 5.86. The summed E-state index contributed by atoms with van der Waals surface area (Å²) in [5.74, 6) is -0.547. The summed E-state index contributed by atoms with van der Waals surface area (Å²) in [7, 11) is -4.12. The molecule has 0 amide bonds. The Morgan fingerprint density at radius 1 is 1.25 bits per heavy atom. The number of sulfone groups is 1. The van der Waals surface area contributed by atoms with Gasteiger partial charge in [-0.3, -0.25) is 9.54 Å². The second-order valence-corrected chi connectivity index (χ2v) is 10.6. The van der Waals surface area contributed by atoms with Crippen molar-refractivity contribution in [3.8, 4) is 0 Å². The number of rotatable bonds is 4. The molecular formula is C17H16Cl2N2O5S2. The number of aromatic nitrogens is 1. The minimum atomic E-state index is -4.12. The molecule has 3 N–H and O–H groups in total. The van der Waals surface area contributed by atoms with E-state index >= 15 is 0 Å². The highest BCUT2D eigenvalue weighted by atomic mass is 35.5. The number of halogens is 2. The number of aliphatic hydroxyl groups excluding tert-OH is 1. The van der Waals surface area contributed by atoms with Crippen LogP contribution in [0.15, 0.2) is 30.5 Å². The molecule has 3 rings (SSSR count). The van der Waals surface area contributed by atoms with Crippen molar-refractivity contribution in [1.82, 2.24) is 9.71 Å². The maximum absolute atomic E-state index is 13.4. The molecule has 0 aliphatic carbocycles. The summed E-state index contributed by atoms with van der Waals surface area (Å²) >= 11 is 10.4. The van der Waals surface area contributed by atoms with Crippen molar-refractivity contribution < 1.29 is 22.3 Å². The molecule has 1 aliphatic rings. The fraction of sp³-hybridized carbons (Fsp3) is 0.235. The van der Waals surface area contributed by atoms with Crippen molar-refractivity contribution in [3.05, 3.63) is 62.9 Å². The standard InChI is InChI=1S/C17H16Cl2N2O5S2/c1-17(2)10-4-3-7-20-14(10)15(22)16(28(17,25)26)12-11(18)6-5-9(13(12)19)8-21-27(23)24/h3-7,21-22H,8H2,1-2H3,(H,23,24). The van der Waals surface area contributed by atoms with Crippen LogP contribution in [0.1, 0.15) is 36.2 Å². The molecule has 1 aromatic carbocycles. The van der Waals surface area contributed by atoms with Crippen molar-refractivity contribution in [1.29, 1.82) is 0 Å². The highest BCUT2D eigenvalue weighted by molar-refractivity contribution is 8.01. The van der Waals surface area contributed by atoms with E-state index < -0.39 is 36.5 Å². The maximum atomic E-state index is 13.4. The number of nitrogens with zero attached hydrogens (tertiary/aromatic N) is 1. The SMILES string of the molecule is CC1(C)c2cccnc2C(O)=C(c2c(Cl)ccc(CNS(=O)O)c2Cl)S1(=O)=O. The number of hydrogen-bond acceptors (Lipinski definition) is 5. The Hall–Kier alpha value is -1.49. The zero-order valence-corrected chi connectivity index (χ0v) is 17.9. The molecule has 1 atom stereocenters. The molecule has 0 radical (unpaired) electrons. The molecule has 2 aromatic rings. The van der Waals surface area contributed by atoms with Crippen molar-refractivity contribution in [2.45, 2.75) is 25.1 Å². The van der Waals surface area contributed by atoms with E-state index in [2.05, 4.69) is 9.71 Å². The first kappa shape index (κ1) is 21.2. The molecule has 150 valence electrons.